The lowest BCUT2D eigenvalue weighted by Gasteiger charge is -2.27. The third kappa shape index (κ3) is 5.07. The topological polar surface area (TPSA) is 53.4 Å². The number of hydrogen-bond acceptors (Lipinski definition) is 3. The molecule has 1 N–H and O–H groups in total. The number of unbranched alkanes of at least 4 members (excludes halogenated alkanes) is 2. The second kappa shape index (κ2) is 8.00. The molecule has 0 aromatic carbocycles. The monoisotopic (exact) mass is 284 g/mol. The molecule has 0 aliphatic heterocycles. The van der Waals surface area contributed by atoms with Crippen molar-refractivity contribution in [1.29, 1.82) is 0 Å². The molecule has 0 spiro atoms. The predicted molar refractivity (Wildman–Crippen MR) is 77.8 cm³/mol. The Bertz CT molecular complexity index is 412. The Morgan fingerprint density at radius 2 is 2.26 bits per heavy atom. The number of aliphatic carboxylic acids is 1. The van der Waals surface area contributed by atoms with Gasteiger partial charge < -0.3 is 10.0 Å². The molecule has 1 atom stereocenters. The molecule has 1 aromatic heterocycles. The maximum absolute atomic E-state index is 11.0. The lowest BCUT2D eigenvalue weighted by molar-refractivity contribution is -0.140. The van der Waals surface area contributed by atoms with Gasteiger partial charge in [-0.1, -0.05) is 38.3 Å². The van der Waals surface area contributed by atoms with Crippen molar-refractivity contribution in [2.45, 2.75) is 33.1 Å². The molecule has 1 unspecified atom stereocenters. The fourth-order valence-electron chi connectivity index (χ4n) is 1.88. The summed E-state index contributed by atoms with van der Waals surface area (Å²) in [6.07, 6.45) is 4.91. The molecule has 0 bridgehead atoms. The van der Waals surface area contributed by atoms with E-state index in [2.05, 4.69) is 11.9 Å². The van der Waals surface area contributed by atoms with E-state index in [9.17, 15) is 4.79 Å². The van der Waals surface area contributed by atoms with E-state index in [1.54, 1.807) is 13.1 Å². The van der Waals surface area contributed by atoms with Crippen LogP contribution in [-0.2, 0) is 4.79 Å². The molecule has 0 saturated heterocycles. The molecule has 106 valence electrons. The highest BCUT2D eigenvalue weighted by atomic mass is 35.5. The van der Waals surface area contributed by atoms with Gasteiger partial charge in [0.1, 0.15) is 0 Å². The summed E-state index contributed by atoms with van der Waals surface area (Å²) in [5, 5.41) is 9.47. The molecule has 19 heavy (non-hydrogen) atoms. The lowest BCUT2D eigenvalue weighted by atomic mass is 10.1. The zero-order valence-electron chi connectivity index (χ0n) is 11.5. The molecule has 5 heteroatoms. The number of pyridine rings is 1. The summed E-state index contributed by atoms with van der Waals surface area (Å²) < 4.78 is 0. The van der Waals surface area contributed by atoms with E-state index in [0.29, 0.717) is 11.7 Å². The molecule has 0 aliphatic rings. The van der Waals surface area contributed by atoms with Gasteiger partial charge in [0.15, 0.2) is 5.15 Å². The van der Waals surface area contributed by atoms with Gasteiger partial charge in [-0.15, -0.1) is 0 Å². The second-order valence-electron chi connectivity index (χ2n) is 4.71. The minimum Gasteiger partial charge on any atom is -0.481 e. The van der Waals surface area contributed by atoms with Gasteiger partial charge in [-0.05, 0) is 18.6 Å². The van der Waals surface area contributed by atoms with Gasteiger partial charge in [0.25, 0.3) is 0 Å². The molecule has 0 aliphatic carbocycles. The Hall–Kier alpha value is -1.29. The van der Waals surface area contributed by atoms with Crippen LogP contribution >= 0.6 is 11.6 Å². The fourth-order valence-corrected chi connectivity index (χ4v) is 2.12. The number of carboxylic acid groups (broad SMARTS) is 1. The van der Waals surface area contributed by atoms with Crippen molar-refractivity contribution in [3.63, 3.8) is 0 Å². The Morgan fingerprint density at radius 3 is 2.84 bits per heavy atom. The lowest BCUT2D eigenvalue weighted by Crippen LogP contribution is -2.33. The maximum Gasteiger partial charge on any atom is 0.308 e. The van der Waals surface area contributed by atoms with Gasteiger partial charge in [0, 0.05) is 19.3 Å². The first-order valence-electron chi connectivity index (χ1n) is 6.64. The van der Waals surface area contributed by atoms with E-state index in [0.717, 1.165) is 31.5 Å². The number of carbonyl (C=O) groups is 1. The van der Waals surface area contributed by atoms with Crippen LogP contribution in [-0.4, -0.2) is 29.1 Å². The molecular weight excluding hydrogens is 264 g/mol. The number of carboxylic acids is 1. The van der Waals surface area contributed by atoms with Crippen LogP contribution in [0.4, 0.5) is 5.69 Å². The number of hydrogen-bond donors (Lipinski definition) is 1. The Morgan fingerprint density at radius 1 is 1.53 bits per heavy atom. The van der Waals surface area contributed by atoms with Gasteiger partial charge in [0.2, 0.25) is 0 Å². The number of rotatable bonds is 8. The van der Waals surface area contributed by atoms with Crippen LogP contribution in [0.3, 0.4) is 0 Å². The minimum absolute atomic E-state index is 0.427. The van der Waals surface area contributed by atoms with Gasteiger partial charge in [-0.3, -0.25) is 4.79 Å². The Labute approximate surface area is 119 Å². The number of aromatic nitrogens is 1. The average molecular weight is 285 g/mol. The van der Waals surface area contributed by atoms with Gasteiger partial charge in [-0.2, -0.15) is 0 Å². The third-order valence-electron chi connectivity index (χ3n) is 3.03. The summed E-state index contributed by atoms with van der Waals surface area (Å²) in [6.45, 7) is 5.10. The fraction of sp³-hybridized carbons (Fsp3) is 0.571. The van der Waals surface area contributed by atoms with E-state index in [1.807, 2.05) is 17.0 Å². The molecular formula is C14H21ClN2O2. The molecule has 1 aromatic rings. The first-order chi connectivity index (χ1) is 9.06. The molecule has 4 nitrogen and oxygen atoms in total. The van der Waals surface area contributed by atoms with Crippen molar-refractivity contribution in [3.8, 4) is 0 Å². The summed E-state index contributed by atoms with van der Waals surface area (Å²) >= 11 is 6.09. The Balaban J connectivity index is 2.79. The SMILES string of the molecule is CCCCCN(CC(C)C(=O)O)c1cccnc1Cl. The van der Waals surface area contributed by atoms with E-state index >= 15 is 0 Å². The van der Waals surface area contributed by atoms with E-state index in [1.165, 1.54) is 0 Å². The molecule has 0 saturated carbocycles. The van der Waals surface area contributed by atoms with Crippen LogP contribution in [0.1, 0.15) is 33.1 Å². The molecule has 0 fully saturated rings. The first-order valence-corrected chi connectivity index (χ1v) is 7.02. The van der Waals surface area contributed by atoms with Crippen LogP contribution in [0.25, 0.3) is 0 Å². The highest BCUT2D eigenvalue weighted by Gasteiger charge is 2.18. The number of nitrogens with zero attached hydrogens (tertiary/aromatic N) is 2. The van der Waals surface area contributed by atoms with E-state index in [-0.39, 0.29) is 0 Å². The molecule has 1 rings (SSSR count). The average Bonchev–Trinajstić information content (AvgIpc) is 2.38. The smallest absolute Gasteiger partial charge is 0.308 e. The van der Waals surface area contributed by atoms with Gasteiger partial charge in [-0.25, -0.2) is 4.98 Å². The van der Waals surface area contributed by atoms with E-state index in [4.69, 9.17) is 16.7 Å². The number of anilines is 1. The highest BCUT2D eigenvalue weighted by molar-refractivity contribution is 6.32. The van der Waals surface area contributed by atoms with Crippen LogP contribution < -0.4 is 4.90 Å². The van der Waals surface area contributed by atoms with Crippen molar-refractivity contribution in [2.24, 2.45) is 5.92 Å². The van der Waals surface area contributed by atoms with E-state index < -0.39 is 11.9 Å². The van der Waals surface area contributed by atoms with Crippen molar-refractivity contribution in [3.05, 3.63) is 23.5 Å². The standard InChI is InChI=1S/C14H21ClN2O2/c1-3-4-5-9-17(10-11(2)14(18)19)12-7-6-8-16-13(12)15/h6-8,11H,3-5,9-10H2,1-2H3,(H,18,19). The maximum atomic E-state index is 11.0. The summed E-state index contributed by atoms with van der Waals surface area (Å²) in [6, 6.07) is 3.70. The van der Waals surface area contributed by atoms with Crippen molar-refractivity contribution in [1.82, 2.24) is 4.98 Å². The van der Waals surface area contributed by atoms with Crippen molar-refractivity contribution >= 4 is 23.3 Å². The van der Waals surface area contributed by atoms with Crippen LogP contribution in [0, 0.1) is 5.92 Å². The largest absolute Gasteiger partial charge is 0.481 e. The Kier molecular flexibility index (Phi) is 6.64. The summed E-state index contributed by atoms with van der Waals surface area (Å²) in [5.41, 5.74) is 0.813. The van der Waals surface area contributed by atoms with Crippen molar-refractivity contribution < 1.29 is 9.90 Å². The van der Waals surface area contributed by atoms with Crippen molar-refractivity contribution in [2.75, 3.05) is 18.0 Å². The normalized spacial score (nSPS) is 12.2. The first kappa shape index (κ1) is 15.8. The summed E-state index contributed by atoms with van der Waals surface area (Å²) in [4.78, 5) is 17.1. The van der Waals surface area contributed by atoms with Crippen LogP contribution in [0.15, 0.2) is 18.3 Å². The van der Waals surface area contributed by atoms with Gasteiger partial charge in [0.05, 0.1) is 11.6 Å². The quantitative estimate of drug-likeness (QED) is 0.587. The predicted octanol–water partition coefficient (Wildman–Crippen LogP) is 3.45. The third-order valence-corrected chi connectivity index (χ3v) is 3.32. The van der Waals surface area contributed by atoms with Gasteiger partial charge >= 0.3 is 5.97 Å². The zero-order valence-corrected chi connectivity index (χ0v) is 12.2. The molecule has 0 amide bonds. The summed E-state index contributed by atoms with van der Waals surface area (Å²) in [5.74, 6) is -1.22. The summed E-state index contributed by atoms with van der Waals surface area (Å²) in [7, 11) is 0. The van der Waals surface area contributed by atoms with Crippen LogP contribution in [0.5, 0.6) is 0 Å². The zero-order chi connectivity index (χ0) is 14.3. The molecule has 0 radical (unpaired) electrons. The second-order valence-corrected chi connectivity index (χ2v) is 5.06. The van der Waals surface area contributed by atoms with Crippen LogP contribution in [0.2, 0.25) is 5.15 Å². The minimum atomic E-state index is -0.791. The molecule has 1 heterocycles. The highest BCUT2D eigenvalue weighted by Crippen LogP contribution is 2.24. The number of halogens is 1.